The third-order valence-corrected chi connectivity index (χ3v) is 2.93. The minimum absolute atomic E-state index is 0.188. The Labute approximate surface area is 105 Å². The fourth-order valence-corrected chi connectivity index (χ4v) is 1.53. The van der Waals surface area contributed by atoms with Gasteiger partial charge in [-0.15, -0.1) is 0 Å². The maximum atomic E-state index is 8.70. The molecule has 15 heavy (non-hydrogen) atoms. The Morgan fingerprint density at radius 3 is 2.53 bits per heavy atom. The van der Waals surface area contributed by atoms with E-state index in [1.54, 1.807) is 0 Å². The molecule has 0 atom stereocenters. The first-order valence-electron chi connectivity index (χ1n) is 4.93. The van der Waals surface area contributed by atoms with Crippen LogP contribution in [0.5, 0.6) is 5.75 Å². The second kappa shape index (κ2) is 7.03. The molecule has 0 spiro atoms. The van der Waals surface area contributed by atoms with E-state index in [9.17, 15) is 0 Å². The predicted octanol–water partition coefficient (Wildman–Crippen LogP) is 2.02. The predicted molar refractivity (Wildman–Crippen MR) is 69.4 cm³/mol. The van der Waals surface area contributed by atoms with Crippen molar-refractivity contribution in [2.75, 3.05) is 26.3 Å². The highest BCUT2D eigenvalue weighted by Gasteiger charge is 1.99. The maximum absolute atomic E-state index is 8.70. The average molecular weight is 321 g/mol. The summed E-state index contributed by atoms with van der Waals surface area (Å²) < 4.78 is 7.56. The lowest BCUT2D eigenvalue weighted by Crippen LogP contribution is -2.21. The van der Waals surface area contributed by atoms with Crippen molar-refractivity contribution >= 4 is 22.9 Å². The zero-order chi connectivity index (χ0) is 11.1. The van der Waals surface area contributed by atoms with Gasteiger partial charge >= 0.3 is 0 Å². The number of nitrogens with zero attached hydrogens (tertiary/aromatic N) is 1. The van der Waals surface area contributed by atoms with Gasteiger partial charge in [-0.05, 0) is 19.1 Å². The molecule has 4 heteroatoms. The van der Waals surface area contributed by atoms with E-state index < -0.39 is 0 Å². The summed E-state index contributed by atoms with van der Waals surface area (Å²) in [6.45, 7) is 4.38. The first-order chi connectivity index (χ1) is 7.22. The van der Waals surface area contributed by atoms with Crippen molar-refractivity contribution in [3.05, 3.63) is 29.8 Å². The normalized spacial score (nSPS) is 10.7. The lowest BCUT2D eigenvalue weighted by Gasteiger charge is -2.13. The monoisotopic (exact) mass is 321 g/mol. The quantitative estimate of drug-likeness (QED) is 0.643. The number of benzene rings is 1. The SMILES string of the molecule is Cc1ccc(OCCN(I)CCO)cc1. The highest BCUT2D eigenvalue weighted by atomic mass is 127. The number of halogens is 1. The zero-order valence-electron chi connectivity index (χ0n) is 8.82. The first-order valence-corrected chi connectivity index (χ1v) is 5.90. The number of hydrogen-bond donors (Lipinski definition) is 1. The van der Waals surface area contributed by atoms with Crippen LogP contribution in [-0.4, -0.2) is 34.5 Å². The maximum Gasteiger partial charge on any atom is 0.119 e. The molecule has 1 aromatic carbocycles. The fourth-order valence-electron chi connectivity index (χ4n) is 1.12. The second-order valence-electron chi connectivity index (χ2n) is 3.29. The van der Waals surface area contributed by atoms with Gasteiger partial charge in [0.15, 0.2) is 0 Å². The van der Waals surface area contributed by atoms with Gasteiger partial charge < -0.3 is 9.84 Å². The molecule has 0 aromatic heterocycles. The lowest BCUT2D eigenvalue weighted by atomic mass is 10.2. The van der Waals surface area contributed by atoms with E-state index in [0.717, 1.165) is 12.3 Å². The van der Waals surface area contributed by atoms with Crippen molar-refractivity contribution < 1.29 is 9.84 Å². The Balaban J connectivity index is 2.22. The topological polar surface area (TPSA) is 32.7 Å². The Morgan fingerprint density at radius 1 is 1.27 bits per heavy atom. The number of rotatable bonds is 6. The molecule has 0 heterocycles. The van der Waals surface area contributed by atoms with Crippen LogP contribution in [0.4, 0.5) is 0 Å². The van der Waals surface area contributed by atoms with Crippen LogP contribution < -0.4 is 4.74 Å². The second-order valence-corrected chi connectivity index (χ2v) is 4.66. The van der Waals surface area contributed by atoms with Crippen molar-refractivity contribution in [2.24, 2.45) is 0 Å². The van der Waals surface area contributed by atoms with Crippen LogP contribution in [-0.2, 0) is 0 Å². The Kier molecular flexibility index (Phi) is 5.97. The van der Waals surface area contributed by atoms with E-state index in [4.69, 9.17) is 9.84 Å². The molecule has 1 aromatic rings. The van der Waals surface area contributed by atoms with Gasteiger partial charge in [0.1, 0.15) is 12.4 Å². The smallest absolute Gasteiger partial charge is 0.119 e. The van der Waals surface area contributed by atoms with Crippen LogP contribution in [0.3, 0.4) is 0 Å². The van der Waals surface area contributed by atoms with Crippen LogP contribution >= 0.6 is 22.9 Å². The summed E-state index contributed by atoms with van der Waals surface area (Å²) in [6.07, 6.45) is 0. The van der Waals surface area contributed by atoms with Crippen LogP contribution in [0, 0.1) is 6.92 Å². The molecular weight excluding hydrogens is 305 g/mol. The molecule has 0 saturated carbocycles. The summed E-state index contributed by atoms with van der Waals surface area (Å²) in [5.41, 5.74) is 1.23. The fraction of sp³-hybridized carbons (Fsp3) is 0.455. The average Bonchev–Trinajstić information content (AvgIpc) is 2.21. The molecule has 0 radical (unpaired) electrons. The summed E-state index contributed by atoms with van der Waals surface area (Å²) in [6, 6.07) is 8.01. The van der Waals surface area contributed by atoms with Gasteiger partial charge in [0, 0.05) is 36.0 Å². The van der Waals surface area contributed by atoms with Gasteiger partial charge in [0.2, 0.25) is 0 Å². The largest absolute Gasteiger partial charge is 0.492 e. The van der Waals surface area contributed by atoms with Crippen molar-refractivity contribution in [1.82, 2.24) is 3.11 Å². The number of aliphatic hydroxyl groups excluding tert-OH is 1. The van der Waals surface area contributed by atoms with Gasteiger partial charge in [0.25, 0.3) is 0 Å². The van der Waals surface area contributed by atoms with E-state index in [-0.39, 0.29) is 6.61 Å². The Hall–Kier alpha value is -0.330. The Morgan fingerprint density at radius 2 is 1.93 bits per heavy atom. The molecule has 0 unspecified atom stereocenters. The number of aryl methyl sites for hydroxylation is 1. The highest BCUT2D eigenvalue weighted by Crippen LogP contribution is 2.11. The number of hydrogen-bond acceptors (Lipinski definition) is 3. The van der Waals surface area contributed by atoms with Crippen molar-refractivity contribution in [2.45, 2.75) is 6.92 Å². The summed E-state index contributed by atoms with van der Waals surface area (Å²) in [4.78, 5) is 0. The molecule has 0 aliphatic carbocycles. The molecule has 0 fully saturated rings. The molecule has 0 aliphatic rings. The summed E-state index contributed by atoms with van der Waals surface area (Å²) in [5, 5.41) is 8.70. The molecule has 1 rings (SSSR count). The third-order valence-electron chi connectivity index (χ3n) is 1.97. The van der Waals surface area contributed by atoms with Crippen LogP contribution in [0.15, 0.2) is 24.3 Å². The molecular formula is C11H16INO2. The van der Waals surface area contributed by atoms with Crippen molar-refractivity contribution in [3.63, 3.8) is 0 Å². The van der Waals surface area contributed by atoms with Gasteiger partial charge in [-0.3, -0.25) is 0 Å². The van der Waals surface area contributed by atoms with Crippen LogP contribution in [0.2, 0.25) is 0 Å². The minimum atomic E-state index is 0.188. The molecule has 0 amide bonds. The number of aliphatic hydroxyl groups is 1. The van der Waals surface area contributed by atoms with E-state index in [1.165, 1.54) is 5.56 Å². The molecule has 84 valence electrons. The standard InChI is InChI=1S/C11H16INO2/c1-10-2-4-11(5-3-10)15-9-7-13(12)6-8-14/h2-5,14H,6-9H2,1H3. The third kappa shape index (κ3) is 5.34. The van der Waals surface area contributed by atoms with Crippen LogP contribution in [0.1, 0.15) is 5.56 Å². The number of ether oxygens (including phenoxy) is 1. The summed E-state index contributed by atoms with van der Waals surface area (Å²) in [5.74, 6) is 0.898. The first kappa shape index (κ1) is 12.7. The van der Waals surface area contributed by atoms with Crippen molar-refractivity contribution in [1.29, 1.82) is 0 Å². The summed E-state index contributed by atoms with van der Waals surface area (Å²) in [7, 11) is 0. The van der Waals surface area contributed by atoms with Gasteiger partial charge in [-0.1, -0.05) is 17.7 Å². The summed E-state index contributed by atoms with van der Waals surface area (Å²) >= 11 is 2.18. The molecule has 1 N–H and O–H groups in total. The molecule has 0 bridgehead atoms. The molecule has 0 saturated heterocycles. The molecule has 0 aliphatic heterocycles. The Bertz CT molecular complexity index is 276. The van der Waals surface area contributed by atoms with Crippen molar-refractivity contribution in [3.8, 4) is 5.75 Å². The van der Waals surface area contributed by atoms with E-state index in [0.29, 0.717) is 13.2 Å². The van der Waals surface area contributed by atoms with Gasteiger partial charge in [-0.25, -0.2) is 3.11 Å². The molecule has 3 nitrogen and oxygen atoms in total. The van der Waals surface area contributed by atoms with E-state index >= 15 is 0 Å². The van der Waals surface area contributed by atoms with E-state index in [1.807, 2.05) is 27.4 Å². The van der Waals surface area contributed by atoms with E-state index in [2.05, 4.69) is 29.8 Å². The highest BCUT2D eigenvalue weighted by molar-refractivity contribution is 14.1. The van der Waals surface area contributed by atoms with Crippen LogP contribution in [0.25, 0.3) is 0 Å². The minimum Gasteiger partial charge on any atom is -0.492 e. The van der Waals surface area contributed by atoms with Gasteiger partial charge in [0.05, 0.1) is 6.61 Å². The van der Waals surface area contributed by atoms with Gasteiger partial charge in [-0.2, -0.15) is 0 Å². The lowest BCUT2D eigenvalue weighted by molar-refractivity contribution is 0.244. The zero-order valence-corrected chi connectivity index (χ0v) is 11.0.